The van der Waals surface area contributed by atoms with Gasteiger partial charge in [0, 0.05) is 54.9 Å². The Morgan fingerprint density at radius 2 is 1.82 bits per heavy atom. The zero-order chi connectivity index (χ0) is 18.9. The van der Waals surface area contributed by atoms with E-state index in [9.17, 15) is 4.79 Å². The molecule has 8 heteroatoms. The summed E-state index contributed by atoms with van der Waals surface area (Å²) in [6, 6.07) is 12.0. The number of aromatic amines is 1. The molecule has 7 nitrogen and oxygen atoms in total. The second-order valence-electron chi connectivity index (χ2n) is 6.64. The molecule has 1 saturated heterocycles. The van der Waals surface area contributed by atoms with E-state index in [-0.39, 0.29) is 5.91 Å². The highest BCUT2D eigenvalue weighted by Crippen LogP contribution is 2.27. The van der Waals surface area contributed by atoms with Crippen molar-refractivity contribution in [1.29, 1.82) is 0 Å². The largest absolute Gasteiger partial charge is 0.353 e. The lowest BCUT2D eigenvalue weighted by Crippen LogP contribution is -2.49. The van der Waals surface area contributed by atoms with Gasteiger partial charge in [0.2, 0.25) is 5.95 Å². The first-order chi connectivity index (χ1) is 13.8. The summed E-state index contributed by atoms with van der Waals surface area (Å²) in [5.74, 6) is 0.691. The molecule has 0 bridgehead atoms. The topological polar surface area (TPSA) is 78.0 Å². The molecule has 1 aliphatic rings. The second-order valence-corrected chi connectivity index (χ2v) is 7.49. The third-order valence-corrected chi connectivity index (χ3v) is 5.76. The Bertz CT molecular complexity index is 1080. The molecule has 1 fully saturated rings. The van der Waals surface area contributed by atoms with Crippen LogP contribution in [-0.4, -0.2) is 56.9 Å². The summed E-state index contributed by atoms with van der Waals surface area (Å²) in [5, 5.41) is 3.81. The maximum atomic E-state index is 12.9. The number of carbonyl (C=O) groups excluding carboxylic acids is 1. The van der Waals surface area contributed by atoms with Gasteiger partial charge >= 0.3 is 0 Å². The fourth-order valence-electron chi connectivity index (χ4n) is 3.41. The Balaban J connectivity index is 1.29. The number of piperazine rings is 1. The van der Waals surface area contributed by atoms with Crippen molar-refractivity contribution >= 4 is 34.1 Å². The Hall–Kier alpha value is -3.26. The summed E-state index contributed by atoms with van der Waals surface area (Å²) >= 11 is 1.49. The van der Waals surface area contributed by atoms with Crippen LogP contribution in [0.1, 0.15) is 10.5 Å². The van der Waals surface area contributed by atoms with E-state index in [1.54, 1.807) is 18.5 Å². The molecule has 1 N–H and O–H groups in total. The van der Waals surface area contributed by atoms with Crippen LogP contribution >= 0.6 is 11.3 Å². The first-order valence-electron chi connectivity index (χ1n) is 9.13. The fourth-order valence-corrected chi connectivity index (χ4v) is 4.18. The van der Waals surface area contributed by atoms with E-state index in [0.29, 0.717) is 24.7 Å². The first-order valence-corrected chi connectivity index (χ1v) is 10.0. The maximum Gasteiger partial charge on any atom is 0.273 e. The Labute approximate surface area is 165 Å². The molecule has 28 heavy (non-hydrogen) atoms. The molecule has 0 aliphatic carbocycles. The van der Waals surface area contributed by atoms with Crippen molar-refractivity contribution in [2.75, 3.05) is 31.1 Å². The molecule has 3 aromatic heterocycles. The van der Waals surface area contributed by atoms with Crippen LogP contribution in [0.15, 0.2) is 54.2 Å². The number of amides is 1. The monoisotopic (exact) mass is 390 g/mol. The minimum Gasteiger partial charge on any atom is -0.353 e. The van der Waals surface area contributed by atoms with Gasteiger partial charge in [-0.15, -0.1) is 11.3 Å². The van der Waals surface area contributed by atoms with Crippen LogP contribution in [0.3, 0.4) is 0 Å². The van der Waals surface area contributed by atoms with Gasteiger partial charge < -0.3 is 14.8 Å². The molecule has 0 atom stereocenters. The van der Waals surface area contributed by atoms with Crippen molar-refractivity contribution in [1.82, 2.24) is 24.8 Å². The molecule has 0 spiro atoms. The molecular formula is C20H18N6OS. The van der Waals surface area contributed by atoms with Crippen LogP contribution in [-0.2, 0) is 0 Å². The predicted octanol–water partition coefficient (Wildman–Crippen LogP) is 3.04. The minimum atomic E-state index is -0.0211. The van der Waals surface area contributed by atoms with Crippen LogP contribution < -0.4 is 4.90 Å². The molecule has 0 unspecified atom stereocenters. The summed E-state index contributed by atoms with van der Waals surface area (Å²) in [6.07, 6.45) is 3.47. The van der Waals surface area contributed by atoms with E-state index in [1.165, 1.54) is 11.3 Å². The number of nitrogens with zero attached hydrogens (tertiary/aromatic N) is 5. The summed E-state index contributed by atoms with van der Waals surface area (Å²) in [6.45, 7) is 2.70. The number of rotatable bonds is 3. The maximum absolute atomic E-state index is 12.9. The van der Waals surface area contributed by atoms with Crippen molar-refractivity contribution in [3.8, 4) is 10.7 Å². The number of carbonyl (C=O) groups is 1. The normalized spacial score (nSPS) is 14.6. The van der Waals surface area contributed by atoms with Gasteiger partial charge in [0.15, 0.2) is 0 Å². The highest BCUT2D eigenvalue weighted by Gasteiger charge is 2.25. The molecule has 4 aromatic rings. The summed E-state index contributed by atoms with van der Waals surface area (Å²) in [4.78, 5) is 33.3. The molecule has 140 valence electrons. The van der Waals surface area contributed by atoms with Gasteiger partial charge in [-0.1, -0.05) is 18.2 Å². The van der Waals surface area contributed by atoms with Crippen molar-refractivity contribution < 1.29 is 4.79 Å². The molecule has 1 aliphatic heterocycles. The fraction of sp³-hybridized carbons (Fsp3) is 0.200. The highest BCUT2D eigenvalue weighted by atomic mass is 32.1. The van der Waals surface area contributed by atoms with Gasteiger partial charge in [0.05, 0.1) is 5.69 Å². The summed E-state index contributed by atoms with van der Waals surface area (Å²) in [7, 11) is 0. The molecule has 4 heterocycles. The Morgan fingerprint density at radius 1 is 1.04 bits per heavy atom. The van der Waals surface area contributed by atoms with E-state index in [0.717, 1.165) is 34.7 Å². The summed E-state index contributed by atoms with van der Waals surface area (Å²) < 4.78 is 0. The van der Waals surface area contributed by atoms with Crippen LogP contribution in [0.2, 0.25) is 0 Å². The highest BCUT2D eigenvalue weighted by molar-refractivity contribution is 7.13. The quantitative estimate of drug-likeness (QED) is 0.582. The zero-order valence-corrected chi connectivity index (χ0v) is 15.9. The lowest BCUT2D eigenvalue weighted by molar-refractivity contribution is 0.0741. The number of anilines is 1. The number of hydrogen-bond acceptors (Lipinski definition) is 6. The molecule has 0 saturated carbocycles. The van der Waals surface area contributed by atoms with Gasteiger partial charge in [-0.2, -0.15) is 0 Å². The van der Waals surface area contributed by atoms with E-state index >= 15 is 0 Å². The second kappa shape index (κ2) is 7.05. The number of fused-ring (bicyclic) bond motifs is 1. The van der Waals surface area contributed by atoms with E-state index in [2.05, 4.69) is 37.0 Å². The number of aromatic nitrogens is 4. The van der Waals surface area contributed by atoms with Gasteiger partial charge in [0.25, 0.3) is 5.91 Å². The summed E-state index contributed by atoms with van der Waals surface area (Å²) in [5.41, 5.74) is 2.51. The third kappa shape index (κ3) is 3.11. The number of H-pyrrole nitrogens is 1. The predicted molar refractivity (Wildman–Crippen MR) is 110 cm³/mol. The third-order valence-electron chi connectivity index (χ3n) is 4.89. The van der Waals surface area contributed by atoms with Gasteiger partial charge in [-0.3, -0.25) is 4.79 Å². The van der Waals surface area contributed by atoms with Crippen LogP contribution in [0.5, 0.6) is 0 Å². The average Bonchev–Trinajstić information content (AvgIpc) is 3.41. The van der Waals surface area contributed by atoms with Gasteiger partial charge in [-0.25, -0.2) is 15.0 Å². The van der Waals surface area contributed by atoms with Gasteiger partial charge in [0.1, 0.15) is 10.7 Å². The number of hydrogen-bond donors (Lipinski definition) is 1. The molecule has 1 aromatic carbocycles. The Kier molecular flexibility index (Phi) is 4.25. The SMILES string of the molecule is O=C(c1csc(-c2cc3ccccc3[nH]2)n1)N1CCN(c2ncccn2)CC1. The smallest absolute Gasteiger partial charge is 0.273 e. The lowest BCUT2D eigenvalue weighted by Gasteiger charge is -2.34. The van der Waals surface area contributed by atoms with Gasteiger partial charge in [-0.05, 0) is 18.2 Å². The van der Waals surface area contributed by atoms with Crippen LogP contribution in [0.4, 0.5) is 5.95 Å². The number of thiazole rings is 1. The molecule has 5 rings (SSSR count). The number of para-hydroxylation sites is 1. The standard InChI is InChI=1S/C20H18N6OS/c27-19(25-8-10-26(11-9-25)20-21-6-3-7-22-20)17-13-28-18(24-17)16-12-14-4-1-2-5-15(14)23-16/h1-7,12-13,23H,8-11H2. The van der Waals surface area contributed by atoms with Crippen molar-refractivity contribution in [2.24, 2.45) is 0 Å². The Morgan fingerprint density at radius 3 is 2.61 bits per heavy atom. The van der Waals surface area contributed by atoms with Crippen LogP contribution in [0.25, 0.3) is 21.6 Å². The molecule has 0 radical (unpaired) electrons. The zero-order valence-electron chi connectivity index (χ0n) is 15.1. The first kappa shape index (κ1) is 16.9. The average molecular weight is 390 g/mol. The van der Waals surface area contributed by atoms with Crippen molar-refractivity contribution in [2.45, 2.75) is 0 Å². The number of benzene rings is 1. The van der Waals surface area contributed by atoms with Crippen molar-refractivity contribution in [3.63, 3.8) is 0 Å². The van der Waals surface area contributed by atoms with Crippen molar-refractivity contribution in [3.05, 3.63) is 59.9 Å². The number of nitrogens with one attached hydrogen (secondary N) is 1. The van der Waals surface area contributed by atoms with E-state index in [4.69, 9.17) is 0 Å². The minimum absolute atomic E-state index is 0.0211. The molecular weight excluding hydrogens is 372 g/mol. The van der Waals surface area contributed by atoms with Crippen LogP contribution in [0, 0.1) is 0 Å². The molecule has 1 amide bonds. The van der Waals surface area contributed by atoms with E-state index < -0.39 is 0 Å². The lowest BCUT2D eigenvalue weighted by atomic mass is 10.2. The van der Waals surface area contributed by atoms with E-state index in [1.807, 2.05) is 28.5 Å².